The highest BCUT2D eigenvalue weighted by atomic mass is 79.9. The van der Waals surface area contributed by atoms with Crippen LogP contribution in [0.2, 0.25) is 5.02 Å². The van der Waals surface area contributed by atoms with Crippen molar-refractivity contribution in [2.24, 2.45) is 0 Å². The standard InChI is InChI=1S/C17H14BrClN2O2/c18-12-3-7-14(8-4-12)21-16(22)9-15(17(21)23)20-10-11-1-5-13(19)6-2-11/h1-8,15,20H,9-10H2/t15-/m1/s1. The Kier molecular flexibility index (Phi) is 4.80. The largest absolute Gasteiger partial charge is 0.301 e. The SMILES string of the molecule is O=C1C[C@@H](NCc2ccc(Cl)cc2)C(=O)N1c1ccc(Br)cc1. The number of carbonyl (C=O) groups is 2. The van der Waals surface area contributed by atoms with Crippen molar-refractivity contribution in [2.45, 2.75) is 19.0 Å². The molecule has 1 saturated heterocycles. The van der Waals surface area contributed by atoms with Crippen molar-refractivity contribution in [3.05, 3.63) is 63.6 Å². The molecule has 0 aromatic heterocycles. The zero-order valence-corrected chi connectivity index (χ0v) is 14.5. The first-order valence-corrected chi connectivity index (χ1v) is 8.32. The van der Waals surface area contributed by atoms with Gasteiger partial charge in [0.15, 0.2) is 0 Å². The fourth-order valence-electron chi connectivity index (χ4n) is 2.50. The molecule has 118 valence electrons. The van der Waals surface area contributed by atoms with E-state index < -0.39 is 6.04 Å². The van der Waals surface area contributed by atoms with E-state index in [4.69, 9.17) is 11.6 Å². The molecule has 1 fully saturated rings. The second-order valence-electron chi connectivity index (χ2n) is 5.31. The smallest absolute Gasteiger partial charge is 0.251 e. The zero-order valence-electron chi connectivity index (χ0n) is 12.1. The minimum absolute atomic E-state index is 0.169. The number of benzene rings is 2. The Morgan fingerprint density at radius 1 is 1.09 bits per heavy atom. The van der Waals surface area contributed by atoms with Gasteiger partial charge < -0.3 is 5.32 Å². The molecule has 0 unspecified atom stereocenters. The van der Waals surface area contributed by atoms with E-state index in [1.807, 2.05) is 24.3 Å². The molecule has 1 heterocycles. The minimum atomic E-state index is -0.498. The van der Waals surface area contributed by atoms with Crippen molar-refractivity contribution < 1.29 is 9.59 Å². The van der Waals surface area contributed by atoms with Crippen molar-refractivity contribution in [1.29, 1.82) is 0 Å². The van der Waals surface area contributed by atoms with Crippen LogP contribution in [0.25, 0.3) is 0 Å². The van der Waals surface area contributed by atoms with Gasteiger partial charge in [0.2, 0.25) is 5.91 Å². The highest BCUT2D eigenvalue weighted by Crippen LogP contribution is 2.24. The number of hydrogen-bond donors (Lipinski definition) is 1. The minimum Gasteiger partial charge on any atom is -0.301 e. The van der Waals surface area contributed by atoms with E-state index in [0.29, 0.717) is 17.3 Å². The molecule has 6 heteroatoms. The van der Waals surface area contributed by atoms with E-state index in [1.165, 1.54) is 4.90 Å². The number of amides is 2. The second kappa shape index (κ2) is 6.83. The van der Waals surface area contributed by atoms with Crippen LogP contribution in [-0.2, 0) is 16.1 Å². The van der Waals surface area contributed by atoms with Crippen LogP contribution in [0.4, 0.5) is 5.69 Å². The van der Waals surface area contributed by atoms with E-state index in [1.54, 1.807) is 24.3 Å². The summed E-state index contributed by atoms with van der Waals surface area (Å²) in [6.45, 7) is 0.509. The third-order valence-electron chi connectivity index (χ3n) is 3.70. The molecular formula is C17H14BrClN2O2. The molecule has 2 aromatic rings. The second-order valence-corrected chi connectivity index (χ2v) is 6.66. The van der Waals surface area contributed by atoms with Gasteiger partial charge in [-0.05, 0) is 42.0 Å². The van der Waals surface area contributed by atoms with Crippen molar-refractivity contribution in [3.8, 4) is 0 Å². The molecule has 23 heavy (non-hydrogen) atoms. The van der Waals surface area contributed by atoms with Crippen molar-refractivity contribution in [2.75, 3.05) is 4.90 Å². The van der Waals surface area contributed by atoms with Gasteiger partial charge in [-0.2, -0.15) is 0 Å². The normalized spacial score (nSPS) is 17.8. The maximum atomic E-state index is 12.5. The average molecular weight is 394 g/mol. The first-order valence-electron chi connectivity index (χ1n) is 7.15. The fourth-order valence-corrected chi connectivity index (χ4v) is 2.89. The summed E-state index contributed by atoms with van der Waals surface area (Å²) in [5, 5.41) is 3.81. The lowest BCUT2D eigenvalue weighted by atomic mass is 10.2. The van der Waals surface area contributed by atoms with Crippen molar-refractivity contribution in [1.82, 2.24) is 5.32 Å². The van der Waals surface area contributed by atoms with Gasteiger partial charge in [0.25, 0.3) is 5.91 Å². The lowest BCUT2D eigenvalue weighted by molar-refractivity contribution is -0.121. The van der Waals surface area contributed by atoms with Gasteiger partial charge in [-0.25, -0.2) is 4.90 Å². The first kappa shape index (κ1) is 16.2. The topological polar surface area (TPSA) is 49.4 Å². The predicted molar refractivity (Wildman–Crippen MR) is 93.3 cm³/mol. The van der Waals surface area contributed by atoms with Crippen molar-refractivity contribution in [3.63, 3.8) is 0 Å². The maximum Gasteiger partial charge on any atom is 0.251 e. The summed E-state index contributed by atoms with van der Waals surface area (Å²) < 4.78 is 0.901. The number of nitrogens with zero attached hydrogens (tertiary/aromatic N) is 1. The number of rotatable bonds is 4. The van der Waals surface area contributed by atoms with Crippen LogP contribution < -0.4 is 10.2 Å². The van der Waals surface area contributed by atoms with E-state index in [-0.39, 0.29) is 18.2 Å². The molecule has 1 atom stereocenters. The Labute approximate surface area is 147 Å². The molecule has 0 radical (unpaired) electrons. The molecule has 1 aliphatic heterocycles. The molecule has 0 spiro atoms. The van der Waals surface area contributed by atoms with Gasteiger partial charge in [-0.1, -0.05) is 39.7 Å². The predicted octanol–water partition coefficient (Wildman–Crippen LogP) is 3.52. The van der Waals surface area contributed by atoms with Gasteiger partial charge in [0, 0.05) is 16.0 Å². The number of anilines is 1. The highest BCUT2D eigenvalue weighted by Gasteiger charge is 2.39. The Hall–Kier alpha value is -1.69. The first-order chi connectivity index (χ1) is 11.0. The molecule has 4 nitrogen and oxygen atoms in total. The molecule has 1 N–H and O–H groups in total. The van der Waals surface area contributed by atoms with Crippen molar-refractivity contribution >= 4 is 45.0 Å². The van der Waals surface area contributed by atoms with Gasteiger partial charge in [-0.3, -0.25) is 9.59 Å². The number of nitrogens with one attached hydrogen (secondary N) is 1. The summed E-state index contributed by atoms with van der Waals surface area (Å²) in [6, 6.07) is 14.0. The van der Waals surface area contributed by atoms with Crippen LogP contribution in [0.3, 0.4) is 0 Å². The lowest BCUT2D eigenvalue weighted by Crippen LogP contribution is -2.38. The number of imide groups is 1. The summed E-state index contributed by atoms with van der Waals surface area (Å²) in [7, 11) is 0. The molecule has 3 rings (SSSR count). The fraction of sp³-hybridized carbons (Fsp3) is 0.176. The van der Waals surface area contributed by atoms with E-state index in [0.717, 1.165) is 10.0 Å². The Bertz CT molecular complexity index is 731. The Morgan fingerprint density at radius 3 is 2.39 bits per heavy atom. The van der Waals surface area contributed by atoms with Crippen LogP contribution in [-0.4, -0.2) is 17.9 Å². The average Bonchev–Trinajstić information content (AvgIpc) is 2.82. The molecule has 1 aliphatic rings. The summed E-state index contributed by atoms with van der Waals surface area (Å²) >= 11 is 9.19. The molecular weight excluding hydrogens is 380 g/mol. The lowest BCUT2D eigenvalue weighted by Gasteiger charge is -2.15. The van der Waals surface area contributed by atoms with E-state index in [2.05, 4.69) is 21.2 Å². The summed E-state index contributed by atoms with van der Waals surface area (Å²) in [5.41, 5.74) is 1.61. The third kappa shape index (κ3) is 3.63. The van der Waals surface area contributed by atoms with Crippen LogP contribution >= 0.6 is 27.5 Å². The van der Waals surface area contributed by atoms with Gasteiger partial charge in [0.05, 0.1) is 18.2 Å². The molecule has 0 saturated carbocycles. The van der Waals surface area contributed by atoms with E-state index >= 15 is 0 Å². The van der Waals surface area contributed by atoms with E-state index in [9.17, 15) is 9.59 Å². The highest BCUT2D eigenvalue weighted by molar-refractivity contribution is 9.10. The summed E-state index contributed by atoms with van der Waals surface area (Å²) in [5.74, 6) is -0.405. The number of carbonyl (C=O) groups excluding carboxylic acids is 2. The van der Waals surface area contributed by atoms with Crippen LogP contribution in [0.5, 0.6) is 0 Å². The number of hydrogen-bond acceptors (Lipinski definition) is 3. The van der Waals surface area contributed by atoms with Gasteiger partial charge in [-0.15, -0.1) is 0 Å². The molecule has 0 bridgehead atoms. The summed E-state index contributed by atoms with van der Waals surface area (Å²) in [4.78, 5) is 25.9. The molecule has 2 amide bonds. The van der Waals surface area contributed by atoms with Gasteiger partial charge >= 0.3 is 0 Å². The Morgan fingerprint density at radius 2 is 1.74 bits per heavy atom. The number of halogens is 2. The van der Waals surface area contributed by atoms with Crippen LogP contribution in [0.15, 0.2) is 53.0 Å². The van der Waals surface area contributed by atoms with Crippen LogP contribution in [0, 0.1) is 0 Å². The summed E-state index contributed by atoms with van der Waals surface area (Å²) in [6.07, 6.45) is 0.169. The third-order valence-corrected chi connectivity index (χ3v) is 4.48. The Balaban J connectivity index is 1.68. The van der Waals surface area contributed by atoms with Crippen LogP contribution in [0.1, 0.15) is 12.0 Å². The quantitative estimate of drug-likeness (QED) is 0.809. The van der Waals surface area contributed by atoms with Gasteiger partial charge in [0.1, 0.15) is 0 Å². The molecule has 2 aromatic carbocycles. The monoisotopic (exact) mass is 392 g/mol. The zero-order chi connectivity index (χ0) is 16.4. The molecule has 0 aliphatic carbocycles. The maximum absolute atomic E-state index is 12.5.